The van der Waals surface area contributed by atoms with Gasteiger partial charge in [0.05, 0.1) is 18.6 Å². The molecule has 0 spiro atoms. The van der Waals surface area contributed by atoms with Crippen LogP contribution in [0.2, 0.25) is 5.02 Å². The van der Waals surface area contributed by atoms with E-state index in [2.05, 4.69) is 20.8 Å². The quantitative estimate of drug-likeness (QED) is 0.587. The van der Waals surface area contributed by atoms with Crippen LogP contribution in [-0.2, 0) is 0 Å². The van der Waals surface area contributed by atoms with Crippen LogP contribution in [0, 0.1) is 5.41 Å². The first-order valence-corrected chi connectivity index (χ1v) is 7.91. The van der Waals surface area contributed by atoms with Gasteiger partial charge in [-0.25, -0.2) is 0 Å². The minimum Gasteiger partial charge on any atom is -0.490 e. The van der Waals surface area contributed by atoms with Crippen molar-refractivity contribution in [3.05, 3.63) is 22.7 Å². The van der Waals surface area contributed by atoms with E-state index in [1.54, 1.807) is 6.07 Å². The molecule has 0 aliphatic heterocycles. The summed E-state index contributed by atoms with van der Waals surface area (Å²) in [6.07, 6.45) is 0.967. The molecule has 0 saturated heterocycles. The molecule has 1 aromatic rings. The number of rotatable bonds is 7. The molecular weight excluding hydrogens is 295 g/mol. The lowest BCUT2D eigenvalue weighted by Gasteiger charge is -2.30. The maximum atomic E-state index is 6.62. The van der Waals surface area contributed by atoms with E-state index >= 15 is 0 Å². The van der Waals surface area contributed by atoms with E-state index in [-0.39, 0.29) is 10.8 Å². The molecule has 1 unspecified atom stereocenters. The normalized spacial score (nSPS) is 13.2. The average Bonchev–Trinajstić information content (AvgIpc) is 2.41. The number of ether oxygens (including phenoxy) is 2. The van der Waals surface area contributed by atoms with E-state index in [0.717, 1.165) is 12.0 Å². The lowest BCUT2D eigenvalue weighted by molar-refractivity contribution is 0.286. The molecule has 4 heteroatoms. The van der Waals surface area contributed by atoms with Crippen LogP contribution in [0.15, 0.2) is 12.1 Å². The molecule has 0 saturated carbocycles. The second-order valence-corrected chi connectivity index (χ2v) is 6.23. The van der Waals surface area contributed by atoms with Gasteiger partial charge >= 0.3 is 0 Å². The van der Waals surface area contributed by atoms with Gasteiger partial charge in [-0.05, 0) is 37.3 Å². The van der Waals surface area contributed by atoms with Crippen molar-refractivity contribution in [2.24, 2.45) is 5.41 Å². The van der Waals surface area contributed by atoms with Gasteiger partial charge < -0.3 is 9.47 Å². The molecule has 0 aromatic heterocycles. The second kappa shape index (κ2) is 7.42. The van der Waals surface area contributed by atoms with Gasteiger partial charge in [-0.2, -0.15) is 0 Å². The molecule has 0 heterocycles. The van der Waals surface area contributed by atoms with Gasteiger partial charge in [0.15, 0.2) is 11.5 Å². The summed E-state index contributed by atoms with van der Waals surface area (Å²) < 4.78 is 11.2. The Morgan fingerprint density at radius 1 is 1.05 bits per heavy atom. The molecular formula is C16H24Cl2O2. The van der Waals surface area contributed by atoms with Crippen molar-refractivity contribution in [3.8, 4) is 11.5 Å². The zero-order valence-corrected chi connectivity index (χ0v) is 14.4. The SMILES string of the molecule is CCOc1cc(Cl)c(C(Cl)C(C)(C)CC)cc1OCC. The van der Waals surface area contributed by atoms with E-state index in [1.165, 1.54) is 0 Å². The Balaban J connectivity index is 3.24. The maximum Gasteiger partial charge on any atom is 0.162 e. The van der Waals surface area contributed by atoms with E-state index in [4.69, 9.17) is 32.7 Å². The summed E-state index contributed by atoms with van der Waals surface area (Å²) in [5.41, 5.74) is 0.856. The summed E-state index contributed by atoms with van der Waals surface area (Å²) >= 11 is 13.0. The summed E-state index contributed by atoms with van der Waals surface area (Å²) in [6, 6.07) is 3.71. The minimum absolute atomic E-state index is 0.0399. The predicted octanol–water partition coefficient (Wildman–Crippen LogP) is 5.85. The molecule has 0 aliphatic carbocycles. The molecule has 0 aliphatic rings. The van der Waals surface area contributed by atoms with Crippen molar-refractivity contribution < 1.29 is 9.47 Å². The molecule has 1 rings (SSSR count). The van der Waals surface area contributed by atoms with Crippen molar-refractivity contribution >= 4 is 23.2 Å². The number of hydrogen-bond donors (Lipinski definition) is 0. The fourth-order valence-electron chi connectivity index (χ4n) is 1.88. The maximum absolute atomic E-state index is 6.62. The van der Waals surface area contributed by atoms with Crippen molar-refractivity contribution in [1.82, 2.24) is 0 Å². The lowest BCUT2D eigenvalue weighted by Crippen LogP contribution is -2.17. The Bertz CT molecular complexity index is 444. The molecule has 20 heavy (non-hydrogen) atoms. The molecule has 114 valence electrons. The highest BCUT2D eigenvalue weighted by Gasteiger charge is 2.30. The van der Waals surface area contributed by atoms with Crippen molar-refractivity contribution in [2.75, 3.05) is 13.2 Å². The monoisotopic (exact) mass is 318 g/mol. The van der Waals surface area contributed by atoms with E-state index in [9.17, 15) is 0 Å². The Morgan fingerprint density at radius 2 is 1.55 bits per heavy atom. The topological polar surface area (TPSA) is 18.5 Å². The molecule has 0 radical (unpaired) electrons. The molecule has 0 amide bonds. The fraction of sp³-hybridized carbons (Fsp3) is 0.625. The summed E-state index contributed by atoms with van der Waals surface area (Å²) in [7, 11) is 0. The van der Waals surface area contributed by atoms with Crippen molar-refractivity contribution in [2.45, 2.75) is 46.4 Å². The number of benzene rings is 1. The Kier molecular flexibility index (Phi) is 6.47. The van der Waals surface area contributed by atoms with E-state index in [0.29, 0.717) is 29.7 Å². The predicted molar refractivity (Wildman–Crippen MR) is 86.5 cm³/mol. The van der Waals surface area contributed by atoms with Gasteiger partial charge in [-0.3, -0.25) is 0 Å². The van der Waals surface area contributed by atoms with Gasteiger partial charge in [-0.15, -0.1) is 11.6 Å². The third kappa shape index (κ3) is 3.95. The van der Waals surface area contributed by atoms with Gasteiger partial charge in [0.1, 0.15) is 0 Å². The first kappa shape index (κ1) is 17.5. The van der Waals surface area contributed by atoms with Crippen LogP contribution in [0.1, 0.15) is 52.0 Å². The smallest absolute Gasteiger partial charge is 0.162 e. The van der Waals surface area contributed by atoms with Crippen LogP contribution in [0.4, 0.5) is 0 Å². The third-order valence-electron chi connectivity index (χ3n) is 3.53. The fourth-order valence-corrected chi connectivity index (χ4v) is 2.54. The summed E-state index contributed by atoms with van der Waals surface area (Å²) in [5.74, 6) is 1.37. The van der Waals surface area contributed by atoms with Crippen molar-refractivity contribution in [3.63, 3.8) is 0 Å². The first-order valence-electron chi connectivity index (χ1n) is 7.10. The Hall–Kier alpha value is -0.600. The summed E-state index contributed by atoms with van der Waals surface area (Å²) in [6.45, 7) is 11.4. The highest BCUT2D eigenvalue weighted by Crippen LogP contribution is 2.46. The average molecular weight is 319 g/mol. The highest BCUT2D eigenvalue weighted by molar-refractivity contribution is 6.33. The Labute approximate surface area is 132 Å². The van der Waals surface area contributed by atoms with Crippen LogP contribution in [-0.4, -0.2) is 13.2 Å². The largest absolute Gasteiger partial charge is 0.490 e. The number of alkyl halides is 1. The van der Waals surface area contributed by atoms with Gasteiger partial charge in [0.2, 0.25) is 0 Å². The molecule has 0 fully saturated rings. The van der Waals surface area contributed by atoms with Crippen LogP contribution in [0.3, 0.4) is 0 Å². The summed E-state index contributed by atoms with van der Waals surface area (Å²) in [4.78, 5) is 0. The number of halogens is 2. The standard InChI is InChI=1S/C16H24Cl2O2/c1-6-16(4,5)15(18)11-9-13(19-7-2)14(20-8-3)10-12(11)17/h9-10,15H,6-8H2,1-5H3. The molecule has 0 bridgehead atoms. The third-order valence-corrected chi connectivity index (χ3v) is 4.69. The van der Waals surface area contributed by atoms with Crippen molar-refractivity contribution in [1.29, 1.82) is 0 Å². The lowest BCUT2D eigenvalue weighted by atomic mass is 9.82. The zero-order valence-electron chi connectivity index (χ0n) is 12.9. The summed E-state index contributed by atoms with van der Waals surface area (Å²) in [5, 5.41) is 0.452. The van der Waals surface area contributed by atoms with Gasteiger partial charge in [0.25, 0.3) is 0 Å². The zero-order chi connectivity index (χ0) is 15.3. The van der Waals surface area contributed by atoms with Gasteiger partial charge in [0, 0.05) is 11.1 Å². The molecule has 1 atom stereocenters. The highest BCUT2D eigenvalue weighted by atomic mass is 35.5. The van der Waals surface area contributed by atoms with E-state index in [1.807, 2.05) is 19.9 Å². The van der Waals surface area contributed by atoms with E-state index < -0.39 is 0 Å². The van der Waals surface area contributed by atoms with Crippen LogP contribution >= 0.6 is 23.2 Å². The minimum atomic E-state index is -0.171. The Morgan fingerprint density at radius 3 is 2.00 bits per heavy atom. The number of hydrogen-bond acceptors (Lipinski definition) is 2. The van der Waals surface area contributed by atoms with Gasteiger partial charge in [-0.1, -0.05) is 32.4 Å². The van der Waals surface area contributed by atoms with Crippen LogP contribution in [0.5, 0.6) is 11.5 Å². The molecule has 2 nitrogen and oxygen atoms in total. The van der Waals surface area contributed by atoms with Crippen LogP contribution in [0.25, 0.3) is 0 Å². The first-order chi connectivity index (χ1) is 9.37. The molecule has 0 N–H and O–H groups in total. The second-order valence-electron chi connectivity index (χ2n) is 5.39. The molecule has 1 aromatic carbocycles. The van der Waals surface area contributed by atoms with Crippen LogP contribution < -0.4 is 9.47 Å².